The maximum Gasteiger partial charge on any atom is 0.255 e. The Morgan fingerprint density at radius 1 is 1.13 bits per heavy atom. The number of anilines is 1. The lowest BCUT2D eigenvalue weighted by molar-refractivity contribution is 0.102. The highest BCUT2D eigenvalue weighted by molar-refractivity contribution is 6.31. The standard InChI is InChI=1S/C23H20ClFN4O2/c1-13-10-14(2)29(28-13)12-21-15(3)31-23(27-21)16-4-7-18(8-5-16)26-22(30)17-6-9-20(25)19(24)11-17/h4-11H,12H2,1-3H3,(H,26,30). The Hall–Kier alpha value is -3.45. The van der Waals surface area contributed by atoms with E-state index in [0.717, 1.165) is 34.5 Å². The van der Waals surface area contributed by atoms with Crippen molar-refractivity contribution in [2.45, 2.75) is 27.3 Å². The van der Waals surface area contributed by atoms with Gasteiger partial charge in [-0.3, -0.25) is 9.48 Å². The van der Waals surface area contributed by atoms with E-state index in [1.54, 1.807) is 12.1 Å². The van der Waals surface area contributed by atoms with Gasteiger partial charge in [0.1, 0.15) is 17.3 Å². The molecule has 0 fully saturated rings. The number of halogens is 2. The molecule has 4 rings (SSSR count). The van der Waals surface area contributed by atoms with Crippen molar-refractivity contribution >= 4 is 23.2 Å². The summed E-state index contributed by atoms with van der Waals surface area (Å²) in [5.41, 5.74) is 4.47. The fourth-order valence-corrected chi connectivity index (χ4v) is 3.39. The summed E-state index contributed by atoms with van der Waals surface area (Å²) in [6.07, 6.45) is 0. The van der Waals surface area contributed by atoms with Crippen LogP contribution in [0.5, 0.6) is 0 Å². The molecule has 0 aliphatic carbocycles. The van der Waals surface area contributed by atoms with Gasteiger partial charge in [0.2, 0.25) is 5.89 Å². The summed E-state index contributed by atoms with van der Waals surface area (Å²) >= 11 is 5.75. The van der Waals surface area contributed by atoms with Gasteiger partial charge in [-0.1, -0.05) is 11.6 Å². The molecule has 0 saturated heterocycles. The van der Waals surface area contributed by atoms with Crippen molar-refractivity contribution < 1.29 is 13.6 Å². The highest BCUT2D eigenvalue weighted by Gasteiger charge is 2.14. The van der Waals surface area contributed by atoms with Crippen molar-refractivity contribution in [3.8, 4) is 11.5 Å². The third-order valence-electron chi connectivity index (χ3n) is 4.87. The maximum atomic E-state index is 13.3. The molecule has 2 aromatic heterocycles. The quantitative estimate of drug-likeness (QED) is 0.443. The summed E-state index contributed by atoms with van der Waals surface area (Å²) in [5.74, 6) is 0.278. The van der Waals surface area contributed by atoms with Crippen LogP contribution in [0.3, 0.4) is 0 Å². The summed E-state index contributed by atoms with van der Waals surface area (Å²) < 4.78 is 21.0. The van der Waals surface area contributed by atoms with Gasteiger partial charge in [0, 0.05) is 22.5 Å². The Balaban J connectivity index is 1.48. The fraction of sp³-hybridized carbons (Fsp3) is 0.174. The second kappa shape index (κ2) is 8.35. The van der Waals surface area contributed by atoms with Crippen LogP contribution in [0.15, 0.2) is 52.9 Å². The molecule has 31 heavy (non-hydrogen) atoms. The average molecular weight is 439 g/mol. The Bertz CT molecular complexity index is 1260. The minimum atomic E-state index is -0.568. The van der Waals surface area contributed by atoms with Gasteiger partial charge in [0.25, 0.3) is 5.91 Å². The fourth-order valence-electron chi connectivity index (χ4n) is 3.21. The first-order valence-corrected chi connectivity index (χ1v) is 10.0. The highest BCUT2D eigenvalue weighted by Crippen LogP contribution is 2.25. The number of carbonyl (C=O) groups is 1. The first-order valence-electron chi connectivity index (χ1n) is 9.64. The van der Waals surface area contributed by atoms with Gasteiger partial charge in [0.15, 0.2) is 0 Å². The van der Waals surface area contributed by atoms with E-state index in [1.165, 1.54) is 12.1 Å². The normalized spacial score (nSPS) is 11.0. The Kier molecular flexibility index (Phi) is 5.61. The summed E-state index contributed by atoms with van der Waals surface area (Å²) in [5, 5.41) is 7.13. The molecule has 0 radical (unpaired) electrons. The lowest BCUT2D eigenvalue weighted by atomic mass is 10.1. The minimum absolute atomic E-state index is 0.0986. The number of carbonyl (C=O) groups excluding carboxylic acids is 1. The van der Waals surface area contributed by atoms with Gasteiger partial charge < -0.3 is 9.73 Å². The number of rotatable bonds is 5. The number of nitrogens with zero attached hydrogens (tertiary/aromatic N) is 3. The predicted molar refractivity (Wildman–Crippen MR) is 117 cm³/mol. The van der Waals surface area contributed by atoms with E-state index < -0.39 is 5.82 Å². The largest absolute Gasteiger partial charge is 0.441 e. The van der Waals surface area contributed by atoms with E-state index in [1.807, 2.05) is 43.7 Å². The average Bonchev–Trinajstić information content (AvgIpc) is 3.25. The molecule has 0 saturated carbocycles. The van der Waals surface area contributed by atoms with Crippen LogP contribution in [0.1, 0.15) is 33.2 Å². The molecule has 0 atom stereocenters. The van der Waals surface area contributed by atoms with E-state index in [4.69, 9.17) is 16.0 Å². The molecule has 2 aromatic carbocycles. The van der Waals surface area contributed by atoms with Crippen LogP contribution in [-0.4, -0.2) is 20.7 Å². The molecular weight excluding hydrogens is 419 g/mol. The van der Waals surface area contributed by atoms with Gasteiger partial charge in [-0.15, -0.1) is 0 Å². The lowest BCUT2D eigenvalue weighted by Crippen LogP contribution is -2.11. The second-order valence-electron chi connectivity index (χ2n) is 7.27. The number of nitrogens with one attached hydrogen (secondary N) is 1. The van der Waals surface area contributed by atoms with E-state index >= 15 is 0 Å². The molecule has 1 amide bonds. The number of amides is 1. The number of aromatic nitrogens is 3. The zero-order valence-electron chi connectivity index (χ0n) is 17.2. The molecule has 0 unspecified atom stereocenters. The SMILES string of the molecule is Cc1cc(C)n(Cc2nc(-c3ccc(NC(=O)c4ccc(F)c(Cl)c4)cc3)oc2C)n1. The van der Waals surface area contributed by atoms with Gasteiger partial charge >= 0.3 is 0 Å². The smallest absolute Gasteiger partial charge is 0.255 e. The zero-order valence-corrected chi connectivity index (χ0v) is 18.0. The molecule has 6 nitrogen and oxygen atoms in total. The monoisotopic (exact) mass is 438 g/mol. The predicted octanol–water partition coefficient (Wildman–Crippen LogP) is 5.56. The van der Waals surface area contributed by atoms with Gasteiger partial charge in [-0.25, -0.2) is 9.37 Å². The Morgan fingerprint density at radius 3 is 2.52 bits per heavy atom. The minimum Gasteiger partial charge on any atom is -0.441 e. The summed E-state index contributed by atoms with van der Waals surface area (Å²) in [6, 6.07) is 13.0. The first kappa shape index (κ1) is 20.8. The van der Waals surface area contributed by atoms with Crippen LogP contribution in [0.4, 0.5) is 10.1 Å². The van der Waals surface area contributed by atoms with Crippen molar-refractivity contribution in [1.29, 1.82) is 0 Å². The summed E-state index contributed by atoms with van der Waals surface area (Å²) in [7, 11) is 0. The summed E-state index contributed by atoms with van der Waals surface area (Å²) in [4.78, 5) is 17.0. The Labute approximate surface area is 183 Å². The van der Waals surface area contributed by atoms with Crippen molar-refractivity contribution in [2.24, 2.45) is 0 Å². The highest BCUT2D eigenvalue weighted by atomic mass is 35.5. The second-order valence-corrected chi connectivity index (χ2v) is 7.67. The number of hydrogen-bond donors (Lipinski definition) is 1. The van der Waals surface area contributed by atoms with E-state index in [9.17, 15) is 9.18 Å². The van der Waals surface area contributed by atoms with E-state index in [0.29, 0.717) is 18.1 Å². The van der Waals surface area contributed by atoms with Gasteiger partial charge in [0.05, 0.1) is 17.3 Å². The van der Waals surface area contributed by atoms with Crippen LogP contribution in [-0.2, 0) is 6.54 Å². The Morgan fingerprint density at radius 2 is 1.87 bits per heavy atom. The number of hydrogen-bond acceptors (Lipinski definition) is 4. The van der Waals surface area contributed by atoms with Gasteiger partial charge in [-0.2, -0.15) is 5.10 Å². The first-order chi connectivity index (χ1) is 14.8. The molecule has 2 heterocycles. The molecule has 0 aliphatic rings. The van der Waals surface area contributed by atoms with Crippen molar-refractivity contribution in [1.82, 2.24) is 14.8 Å². The van der Waals surface area contributed by atoms with E-state index in [2.05, 4.69) is 15.4 Å². The van der Waals surface area contributed by atoms with Crippen molar-refractivity contribution in [3.63, 3.8) is 0 Å². The molecule has 158 valence electrons. The van der Waals surface area contributed by atoms with Crippen molar-refractivity contribution in [2.75, 3.05) is 5.32 Å². The lowest BCUT2D eigenvalue weighted by Gasteiger charge is -2.06. The molecule has 0 bridgehead atoms. The van der Waals surface area contributed by atoms with Crippen LogP contribution < -0.4 is 5.32 Å². The van der Waals surface area contributed by atoms with Crippen molar-refractivity contribution in [3.05, 3.63) is 87.8 Å². The molecule has 0 aliphatic heterocycles. The molecule has 0 spiro atoms. The summed E-state index contributed by atoms with van der Waals surface area (Å²) in [6.45, 7) is 6.36. The number of aryl methyl sites for hydroxylation is 3. The number of oxazole rings is 1. The topological polar surface area (TPSA) is 73.0 Å². The van der Waals surface area contributed by atoms with Crippen LogP contribution in [0.2, 0.25) is 5.02 Å². The third kappa shape index (κ3) is 4.51. The molecule has 4 aromatic rings. The van der Waals surface area contributed by atoms with Crippen LogP contribution >= 0.6 is 11.6 Å². The zero-order chi connectivity index (χ0) is 22.1. The third-order valence-corrected chi connectivity index (χ3v) is 5.16. The van der Waals surface area contributed by atoms with Crippen LogP contribution in [0, 0.1) is 26.6 Å². The molecular formula is C23H20ClFN4O2. The van der Waals surface area contributed by atoms with E-state index in [-0.39, 0.29) is 16.5 Å². The van der Waals surface area contributed by atoms with Crippen LogP contribution in [0.25, 0.3) is 11.5 Å². The molecule has 8 heteroatoms. The van der Waals surface area contributed by atoms with Gasteiger partial charge in [-0.05, 0) is 69.3 Å². The molecule has 1 N–H and O–H groups in total. The number of benzene rings is 2. The maximum absolute atomic E-state index is 13.3.